The molecule has 43 heavy (non-hydrogen) atoms. The number of fused-ring (bicyclic) bond motifs is 2. The number of nitrogens with two attached hydrogens (primary N) is 1. The number of hydrogen-bond donors (Lipinski definition) is 3. The minimum atomic E-state index is -0.936. The zero-order chi connectivity index (χ0) is 29.5. The highest BCUT2D eigenvalue weighted by molar-refractivity contribution is 6.00. The molecular formula is C33H30FN7O2. The van der Waals surface area contributed by atoms with Crippen molar-refractivity contribution in [1.82, 2.24) is 24.3 Å². The smallest absolute Gasteiger partial charge is 0.335 e. The number of carbonyl (C=O) groups is 1. The quantitative estimate of drug-likeness (QED) is 0.198. The van der Waals surface area contributed by atoms with E-state index >= 15 is 0 Å². The van der Waals surface area contributed by atoms with Gasteiger partial charge in [0, 0.05) is 40.0 Å². The van der Waals surface area contributed by atoms with Crippen LogP contribution in [0.1, 0.15) is 47.6 Å². The van der Waals surface area contributed by atoms with Crippen LogP contribution in [0.2, 0.25) is 0 Å². The standard InChI is InChI=1S/C33H30FN7O2/c34-27-7-2-1-4-23(27)18-40-15-14-20-16-21(8-13-28(20)40)30-29-31(35)36-19-37-32(29)41(39-30)26-11-9-24(10-12-26)38-25-6-3-5-22(17-25)33(42)43/h1-8,13-17,19,24,26,38H,9-12,18H2,(H,42,43)(H2,35,36,37)/t24-,26-. The summed E-state index contributed by atoms with van der Waals surface area (Å²) in [6, 6.07) is 22.3. The first-order valence-electron chi connectivity index (χ1n) is 14.4. The molecule has 0 atom stereocenters. The van der Waals surface area contributed by atoms with Gasteiger partial charge in [0.15, 0.2) is 5.65 Å². The molecule has 3 heterocycles. The molecule has 7 rings (SSSR count). The molecule has 3 aromatic heterocycles. The van der Waals surface area contributed by atoms with Gasteiger partial charge in [0.05, 0.1) is 23.5 Å². The van der Waals surface area contributed by atoms with Crippen molar-refractivity contribution in [3.8, 4) is 11.3 Å². The normalized spacial score (nSPS) is 17.0. The second-order valence-corrected chi connectivity index (χ2v) is 11.1. The predicted molar refractivity (Wildman–Crippen MR) is 164 cm³/mol. The van der Waals surface area contributed by atoms with E-state index < -0.39 is 5.97 Å². The molecule has 0 radical (unpaired) electrons. The van der Waals surface area contributed by atoms with Crippen LogP contribution >= 0.6 is 0 Å². The maximum atomic E-state index is 14.3. The lowest BCUT2D eigenvalue weighted by molar-refractivity contribution is 0.0697. The Bertz CT molecular complexity index is 1970. The van der Waals surface area contributed by atoms with Gasteiger partial charge in [0.2, 0.25) is 0 Å². The van der Waals surface area contributed by atoms with Crippen LogP contribution in [0.4, 0.5) is 15.9 Å². The number of rotatable bonds is 7. The average molecular weight is 576 g/mol. The van der Waals surface area contributed by atoms with Crippen molar-refractivity contribution >= 4 is 39.4 Å². The lowest BCUT2D eigenvalue weighted by atomic mass is 9.91. The fraction of sp³-hybridized carbons (Fsp3) is 0.212. The number of benzene rings is 3. The van der Waals surface area contributed by atoms with Crippen LogP contribution < -0.4 is 11.1 Å². The number of nitrogen functional groups attached to an aromatic ring is 1. The van der Waals surface area contributed by atoms with Crippen LogP contribution in [0.5, 0.6) is 0 Å². The molecule has 0 spiro atoms. The summed E-state index contributed by atoms with van der Waals surface area (Å²) in [6.07, 6.45) is 7.03. The van der Waals surface area contributed by atoms with Gasteiger partial charge in [-0.25, -0.2) is 23.8 Å². The highest BCUT2D eigenvalue weighted by atomic mass is 19.1. The van der Waals surface area contributed by atoms with Crippen molar-refractivity contribution in [1.29, 1.82) is 0 Å². The van der Waals surface area contributed by atoms with E-state index in [0.29, 0.717) is 23.6 Å². The number of carboxylic acid groups (broad SMARTS) is 1. The number of carboxylic acids is 1. The zero-order valence-electron chi connectivity index (χ0n) is 23.3. The van der Waals surface area contributed by atoms with Crippen LogP contribution in [-0.4, -0.2) is 41.4 Å². The minimum absolute atomic E-state index is 0.138. The molecule has 3 aromatic carbocycles. The van der Waals surface area contributed by atoms with Crippen molar-refractivity contribution in [3.05, 3.63) is 102 Å². The van der Waals surface area contributed by atoms with E-state index in [4.69, 9.17) is 10.8 Å². The van der Waals surface area contributed by atoms with E-state index in [0.717, 1.165) is 58.9 Å². The molecule has 10 heteroatoms. The minimum Gasteiger partial charge on any atom is -0.478 e. The van der Waals surface area contributed by atoms with Crippen molar-refractivity contribution in [2.45, 2.75) is 44.3 Å². The van der Waals surface area contributed by atoms with Crippen LogP contribution in [0, 0.1) is 5.82 Å². The summed E-state index contributed by atoms with van der Waals surface area (Å²) in [5.74, 6) is -0.767. The van der Waals surface area contributed by atoms with Crippen LogP contribution in [0.3, 0.4) is 0 Å². The van der Waals surface area contributed by atoms with E-state index in [-0.39, 0.29) is 23.5 Å². The van der Waals surface area contributed by atoms with Crippen molar-refractivity contribution in [2.24, 2.45) is 0 Å². The molecule has 1 aliphatic carbocycles. The average Bonchev–Trinajstić information content (AvgIpc) is 3.61. The largest absolute Gasteiger partial charge is 0.478 e. The lowest BCUT2D eigenvalue weighted by Crippen LogP contribution is -2.28. The first-order chi connectivity index (χ1) is 20.9. The fourth-order valence-electron chi connectivity index (χ4n) is 6.19. The van der Waals surface area contributed by atoms with Gasteiger partial charge in [-0.2, -0.15) is 5.10 Å². The molecule has 4 N–H and O–H groups in total. The third-order valence-corrected chi connectivity index (χ3v) is 8.38. The zero-order valence-corrected chi connectivity index (χ0v) is 23.3. The van der Waals surface area contributed by atoms with Crippen molar-refractivity contribution in [3.63, 3.8) is 0 Å². The summed E-state index contributed by atoms with van der Waals surface area (Å²) in [7, 11) is 0. The number of aromatic nitrogens is 5. The van der Waals surface area contributed by atoms with Gasteiger partial charge >= 0.3 is 5.97 Å². The Balaban J connectivity index is 1.15. The second kappa shape index (κ2) is 10.9. The molecule has 1 fully saturated rings. The molecule has 1 aliphatic rings. The SMILES string of the molecule is Nc1ncnc2c1c(-c1ccc3c(ccn3Cc3ccccc3F)c1)nn2[C@H]1CC[C@H](Nc2cccc(C(=O)O)c2)CC1. The van der Waals surface area contributed by atoms with Gasteiger partial charge in [-0.1, -0.05) is 30.3 Å². The third-order valence-electron chi connectivity index (χ3n) is 8.38. The maximum absolute atomic E-state index is 14.3. The number of aromatic carboxylic acids is 1. The number of halogens is 1. The number of hydrogen-bond acceptors (Lipinski definition) is 6. The fourth-order valence-corrected chi connectivity index (χ4v) is 6.19. The van der Waals surface area contributed by atoms with Gasteiger partial charge in [-0.05, 0) is 68.1 Å². The third kappa shape index (κ3) is 5.05. The Morgan fingerprint density at radius 2 is 1.84 bits per heavy atom. The Labute approximate surface area is 246 Å². The predicted octanol–water partition coefficient (Wildman–Crippen LogP) is 6.51. The molecule has 0 saturated heterocycles. The summed E-state index contributed by atoms with van der Waals surface area (Å²) in [5.41, 5.74) is 11.5. The topological polar surface area (TPSA) is 124 Å². The second-order valence-electron chi connectivity index (χ2n) is 11.1. The van der Waals surface area contributed by atoms with E-state index in [1.54, 1.807) is 30.3 Å². The van der Waals surface area contributed by atoms with Gasteiger partial charge in [0.25, 0.3) is 0 Å². The van der Waals surface area contributed by atoms with Crippen LogP contribution in [-0.2, 0) is 6.54 Å². The molecule has 1 saturated carbocycles. The number of anilines is 2. The van der Waals surface area contributed by atoms with Crippen molar-refractivity contribution < 1.29 is 14.3 Å². The molecular weight excluding hydrogens is 545 g/mol. The van der Waals surface area contributed by atoms with E-state index in [1.165, 1.54) is 12.4 Å². The van der Waals surface area contributed by atoms with Gasteiger partial charge in [-0.3, -0.25) is 0 Å². The Hall–Kier alpha value is -5.25. The Kier molecular flexibility index (Phi) is 6.73. The summed E-state index contributed by atoms with van der Waals surface area (Å²) in [6.45, 7) is 0.441. The molecule has 0 amide bonds. The van der Waals surface area contributed by atoms with Crippen molar-refractivity contribution in [2.75, 3.05) is 11.1 Å². The lowest BCUT2D eigenvalue weighted by Gasteiger charge is -2.30. The first kappa shape index (κ1) is 26.6. The van der Waals surface area contributed by atoms with Gasteiger partial charge in [0.1, 0.15) is 23.7 Å². The molecule has 9 nitrogen and oxygen atoms in total. The van der Waals surface area contributed by atoms with E-state index in [1.807, 2.05) is 45.8 Å². The van der Waals surface area contributed by atoms with Gasteiger partial charge in [-0.15, -0.1) is 0 Å². The van der Waals surface area contributed by atoms with E-state index in [2.05, 4.69) is 21.4 Å². The maximum Gasteiger partial charge on any atom is 0.335 e. The Morgan fingerprint density at radius 1 is 1.00 bits per heavy atom. The highest BCUT2D eigenvalue weighted by Gasteiger charge is 2.27. The summed E-state index contributed by atoms with van der Waals surface area (Å²) in [4.78, 5) is 20.2. The van der Waals surface area contributed by atoms with Gasteiger partial charge < -0.3 is 20.7 Å². The van der Waals surface area contributed by atoms with E-state index in [9.17, 15) is 14.3 Å². The number of nitrogens with zero attached hydrogens (tertiary/aromatic N) is 5. The van der Waals surface area contributed by atoms with Crippen LogP contribution in [0.25, 0.3) is 33.2 Å². The molecule has 216 valence electrons. The summed E-state index contributed by atoms with van der Waals surface area (Å²) >= 11 is 0. The first-order valence-corrected chi connectivity index (χ1v) is 14.4. The molecule has 0 unspecified atom stereocenters. The molecule has 0 bridgehead atoms. The molecule has 0 aliphatic heterocycles. The number of nitrogens with one attached hydrogen (secondary N) is 1. The summed E-state index contributed by atoms with van der Waals surface area (Å²) < 4.78 is 18.3. The Morgan fingerprint density at radius 3 is 2.65 bits per heavy atom. The molecule has 6 aromatic rings. The summed E-state index contributed by atoms with van der Waals surface area (Å²) in [5, 5.41) is 19.6. The van der Waals surface area contributed by atoms with Crippen LogP contribution in [0.15, 0.2) is 85.3 Å². The monoisotopic (exact) mass is 575 g/mol. The highest BCUT2D eigenvalue weighted by Crippen LogP contribution is 2.37.